The van der Waals surface area contributed by atoms with Crippen LogP contribution < -0.4 is 0 Å². The van der Waals surface area contributed by atoms with E-state index in [9.17, 15) is 0 Å². The van der Waals surface area contributed by atoms with Crippen LogP contribution in [0.15, 0.2) is 211 Å². The molecule has 13 rings (SSSR count). The molecule has 0 atom stereocenters. The van der Waals surface area contributed by atoms with Crippen molar-refractivity contribution in [3.63, 3.8) is 0 Å². The minimum Gasteiger partial charge on any atom is -0.455 e. The molecule has 0 bridgehead atoms. The molecular weight excluding hydrogens is 757 g/mol. The van der Waals surface area contributed by atoms with E-state index in [1.807, 2.05) is 18.2 Å². The van der Waals surface area contributed by atoms with Crippen molar-refractivity contribution in [1.29, 1.82) is 0 Å². The summed E-state index contributed by atoms with van der Waals surface area (Å²) in [6, 6.07) is 72.9. The Morgan fingerprint density at radius 2 is 0.919 bits per heavy atom. The molecule has 0 N–H and O–H groups in total. The van der Waals surface area contributed by atoms with Crippen molar-refractivity contribution in [1.82, 2.24) is 19.5 Å². The van der Waals surface area contributed by atoms with Crippen molar-refractivity contribution in [3.8, 4) is 51.0 Å². The van der Waals surface area contributed by atoms with E-state index in [1.165, 1.54) is 37.7 Å². The normalized spacial score (nSPS) is 11.9. The second kappa shape index (κ2) is 13.6. The lowest BCUT2D eigenvalue weighted by Gasteiger charge is -2.13. The second-order valence-electron chi connectivity index (χ2n) is 16.0. The molecule has 13 aromatic rings. The third kappa shape index (κ3) is 5.45. The summed E-state index contributed by atoms with van der Waals surface area (Å²) in [4.78, 5) is 15.9. The first kappa shape index (κ1) is 34.5. The molecule has 0 radical (unpaired) electrons. The maximum absolute atomic E-state index is 6.79. The summed E-state index contributed by atoms with van der Waals surface area (Å²) in [5.74, 6) is 1.71. The van der Waals surface area contributed by atoms with Gasteiger partial charge >= 0.3 is 0 Å². The first-order valence-electron chi connectivity index (χ1n) is 20.9. The fourth-order valence-electron chi connectivity index (χ4n) is 9.39. The number of para-hydroxylation sites is 2. The van der Waals surface area contributed by atoms with Crippen molar-refractivity contribution < 1.29 is 4.42 Å². The van der Waals surface area contributed by atoms with E-state index >= 15 is 0 Å². The Kier molecular flexibility index (Phi) is 7.54. The van der Waals surface area contributed by atoms with E-state index < -0.39 is 0 Å². The minimum atomic E-state index is 0.535. The predicted molar refractivity (Wildman–Crippen MR) is 256 cm³/mol. The van der Waals surface area contributed by atoms with Gasteiger partial charge in [-0.1, -0.05) is 164 Å². The molecule has 10 aromatic carbocycles. The summed E-state index contributed by atoms with van der Waals surface area (Å²) in [6.07, 6.45) is 0. The van der Waals surface area contributed by atoms with E-state index in [0.29, 0.717) is 17.5 Å². The van der Waals surface area contributed by atoms with E-state index in [4.69, 9.17) is 19.4 Å². The van der Waals surface area contributed by atoms with Crippen LogP contribution in [-0.2, 0) is 0 Å². The zero-order valence-electron chi connectivity index (χ0n) is 33.3. The van der Waals surface area contributed by atoms with Crippen LogP contribution in [0.3, 0.4) is 0 Å². The highest BCUT2D eigenvalue weighted by atomic mass is 16.3. The molecule has 3 heterocycles. The molecule has 0 fully saturated rings. The van der Waals surface area contributed by atoms with Crippen LogP contribution in [0.2, 0.25) is 0 Å². The Hall–Kier alpha value is -8.41. The van der Waals surface area contributed by atoms with Crippen molar-refractivity contribution in [2.24, 2.45) is 0 Å². The number of benzene rings is 10. The third-order valence-corrected chi connectivity index (χ3v) is 12.4. The van der Waals surface area contributed by atoms with Crippen LogP contribution in [0.4, 0.5) is 0 Å². The highest BCUT2D eigenvalue weighted by Gasteiger charge is 2.22. The van der Waals surface area contributed by atoms with Gasteiger partial charge in [-0.2, -0.15) is 0 Å². The Bertz CT molecular complexity index is 3920. The summed E-state index contributed by atoms with van der Waals surface area (Å²) in [7, 11) is 0. The lowest BCUT2D eigenvalue weighted by atomic mass is 10.00. The summed E-state index contributed by atoms with van der Waals surface area (Å²) in [5.41, 5.74) is 9.65. The summed E-state index contributed by atoms with van der Waals surface area (Å²) in [6.45, 7) is 0. The molecule has 0 aliphatic heterocycles. The summed E-state index contributed by atoms with van der Waals surface area (Å²) < 4.78 is 9.16. The van der Waals surface area contributed by atoms with Gasteiger partial charge in [0.05, 0.1) is 16.6 Å². The molecule has 5 heteroatoms. The zero-order valence-corrected chi connectivity index (χ0v) is 33.3. The van der Waals surface area contributed by atoms with Crippen LogP contribution >= 0.6 is 0 Å². The monoisotopic (exact) mass is 790 g/mol. The van der Waals surface area contributed by atoms with Gasteiger partial charge < -0.3 is 8.98 Å². The summed E-state index contributed by atoms with van der Waals surface area (Å²) in [5, 5.41) is 11.6. The van der Waals surface area contributed by atoms with Gasteiger partial charge in [0.2, 0.25) is 0 Å². The number of rotatable bonds is 5. The predicted octanol–water partition coefficient (Wildman–Crippen LogP) is 15.0. The number of hydrogen-bond donors (Lipinski definition) is 0. The van der Waals surface area contributed by atoms with Crippen LogP contribution in [0.1, 0.15) is 0 Å². The molecule has 0 amide bonds. The lowest BCUT2D eigenvalue weighted by Crippen LogP contribution is -2.02. The van der Waals surface area contributed by atoms with E-state index in [-0.39, 0.29) is 0 Å². The SMILES string of the molecule is c1ccc(-c2ccc(-c3nc(-c4ccc5c(ccc6ccccc65)c4)nc(-c4cc(-n5c6ccccc6c6cc7ccccc7cc65)cc5c4oc4ccccc45)n3)cc2)cc1. The molecular formula is C57H34N4O. The highest BCUT2D eigenvalue weighted by Crippen LogP contribution is 2.41. The Balaban J connectivity index is 1.08. The van der Waals surface area contributed by atoms with Gasteiger partial charge in [0.15, 0.2) is 17.5 Å². The maximum Gasteiger partial charge on any atom is 0.167 e. The Morgan fingerprint density at radius 1 is 0.323 bits per heavy atom. The van der Waals surface area contributed by atoms with Gasteiger partial charge in [-0.3, -0.25) is 0 Å². The Labute approximate surface area is 355 Å². The average Bonchev–Trinajstić information content (AvgIpc) is 3.88. The number of hydrogen-bond acceptors (Lipinski definition) is 4. The number of fused-ring (bicyclic) bond motifs is 10. The van der Waals surface area contributed by atoms with Gasteiger partial charge in [0.25, 0.3) is 0 Å². The third-order valence-electron chi connectivity index (χ3n) is 12.4. The van der Waals surface area contributed by atoms with Crippen molar-refractivity contribution in [3.05, 3.63) is 206 Å². The van der Waals surface area contributed by atoms with E-state index in [2.05, 4.69) is 193 Å². The standard InChI is InChI=1S/C57H34N4O/c1-2-12-35(13-3-1)36-22-25-38(26-23-36)55-58-56(42-28-29-45-41(30-42)27-24-37-14-6-7-17-44(37)45)60-57(59-55)50-34-43(33-49-47-19-9-11-21-53(47)62-54(49)50)61-51-20-10-8-18-46(51)48-31-39-15-4-5-16-40(39)32-52(48)61/h1-34H. The van der Waals surface area contributed by atoms with Crippen molar-refractivity contribution >= 4 is 76.1 Å². The van der Waals surface area contributed by atoms with Crippen molar-refractivity contribution in [2.45, 2.75) is 0 Å². The first-order valence-corrected chi connectivity index (χ1v) is 20.9. The molecule has 0 saturated carbocycles. The van der Waals surface area contributed by atoms with Gasteiger partial charge in [-0.15, -0.1) is 0 Å². The molecule has 0 aliphatic rings. The molecule has 0 unspecified atom stereocenters. The van der Waals surface area contributed by atoms with Crippen LogP contribution in [0.5, 0.6) is 0 Å². The molecule has 288 valence electrons. The molecule has 0 saturated heterocycles. The second-order valence-corrected chi connectivity index (χ2v) is 16.0. The fraction of sp³-hybridized carbons (Fsp3) is 0. The highest BCUT2D eigenvalue weighted by molar-refractivity contribution is 6.15. The quantitative estimate of drug-likeness (QED) is 0.163. The van der Waals surface area contributed by atoms with Gasteiger partial charge in [-0.05, 0) is 85.9 Å². The largest absolute Gasteiger partial charge is 0.455 e. The topological polar surface area (TPSA) is 56.7 Å². The maximum atomic E-state index is 6.79. The van der Waals surface area contributed by atoms with Crippen molar-refractivity contribution in [2.75, 3.05) is 0 Å². The van der Waals surface area contributed by atoms with Crippen LogP contribution in [-0.4, -0.2) is 19.5 Å². The minimum absolute atomic E-state index is 0.535. The smallest absolute Gasteiger partial charge is 0.167 e. The Morgan fingerprint density at radius 3 is 1.76 bits per heavy atom. The fourth-order valence-corrected chi connectivity index (χ4v) is 9.39. The molecule has 62 heavy (non-hydrogen) atoms. The van der Waals surface area contributed by atoms with E-state index in [0.717, 1.165) is 71.9 Å². The number of aromatic nitrogens is 4. The zero-order chi connectivity index (χ0) is 40.7. The number of nitrogens with zero attached hydrogens (tertiary/aromatic N) is 4. The average molecular weight is 791 g/mol. The lowest BCUT2D eigenvalue weighted by molar-refractivity contribution is 0.669. The molecule has 0 aliphatic carbocycles. The molecule has 5 nitrogen and oxygen atoms in total. The number of furan rings is 1. The van der Waals surface area contributed by atoms with Crippen LogP contribution in [0.25, 0.3) is 127 Å². The van der Waals surface area contributed by atoms with Gasteiger partial charge in [0, 0.05) is 38.4 Å². The molecule has 0 spiro atoms. The van der Waals surface area contributed by atoms with Gasteiger partial charge in [0.1, 0.15) is 11.2 Å². The molecule has 3 aromatic heterocycles. The van der Waals surface area contributed by atoms with Crippen LogP contribution in [0, 0.1) is 0 Å². The van der Waals surface area contributed by atoms with E-state index in [1.54, 1.807) is 0 Å². The van der Waals surface area contributed by atoms with Gasteiger partial charge in [-0.25, -0.2) is 15.0 Å². The first-order chi connectivity index (χ1) is 30.7. The summed E-state index contributed by atoms with van der Waals surface area (Å²) >= 11 is 0.